The number of carbonyl (C=O) groups is 2. The van der Waals surface area contributed by atoms with Crippen molar-refractivity contribution in [1.29, 1.82) is 0 Å². The number of carbonyl (C=O) groups excluding carboxylic acids is 2. The molecule has 5 nitrogen and oxygen atoms in total. The number of hydrogen-bond acceptors (Lipinski definition) is 4. The molecule has 5 heteroatoms. The Bertz CT molecular complexity index is 794. The number of nitrogens with zero attached hydrogens (tertiary/aromatic N) is 1. The molecule has 2 saturated heterocycles. The van der Waals surface area contributed by atoms with Gasteiger partial charge in [0, 0.05) is 5.92 Å². The molecule has 4 rings (SSSR count). The number of piperidine rings is 1. The number of rotatable bonds is 4. The maximum Gasteiger partial charge on any atom is 0.417 e. The summed E-state index contributed by atoms with van der Waals surface area (Å²) < 4.78 is 5.24. The summed E-state index contributed by atoms with van der Waals surface area (Å²) in [6, 6.07) is 19.3. The zero-order valence-electron chi connectivity index (χ0n) is 15.2. The largest absolute Gasteiger partial charge is 0.447 e. The SMILES string of the molecule is O=C1OC[C@H](Cc2ccccc2)N1C(=O)[C@H]1NCCC[C@@H]1c1ccccc1. The van der Waals surface area contributed by atoms with Crippen molar-refractivity contribution in [2.75, 3.05) is 13.2 Å². The molecular formula is C22H24N2O3. The van der Waals surface area contributed by atoms with Gasteiger partial charge in [0.15, 0.2) is 0 Å². The topological polar surface area (TPSA) is 58.6 Å². The first kappa shape index (κ1) is 17.7. The summed E-state index contributed by atoms with van der Waals surface area (Å²) >= 11 is 0. The molecule has 2 aromatic rings. The monoisotopic (exact) mass is 364 g/mol. The van der Waals surface area contributed by atoms with Crippen LogP contribution in [-0.2, 0) is 16.0 Å². The molecule has 27 heavy (non-hydrogen) atoms. The van der Waals surface area contributed by atoms with E-state index in [1.54, 1.807) is 0 Å². The summed E-state index contributed by atoms with van der Waals surface area (Å²) in [4.78, 5) is 27.1. The predicted molar refractivity (Wildman–Crippen MR) is 102 cm³/mol. The first-order valence-electron chi connectivity index (χ1n) is 9.56. The fraction of sp³-hybridized carbons (Fsp3) is 0.364. The lowest BCUT2D eigenvalue weighted by Crippen LogP contribution is -2.54. The lowest BCUT2D eigenvalue weighted by Gasteiger charge is -2.34. The third-order valence-corrected chi connectivity index (χ3v) is 5.46. The average molecular weight is 364 g/mol. The number of hydrogen-bond donors (Lipinski definition) is 1. The number of benzene rings is 2. The lowest BCUT2D eigenvalue weighted by atomic mass is 9.84. The van der Waals surface area contributed by atoms with Crippen molar-refractivity contribution in [2.24, 2.45) is 0 Å². The van der Waals surface area contributed by atoms with Gasteiger partial charge in [0.25, 0.3) is 0 Å². The Hall–Kier alpha value is -2.66. The van der Waals surface area contributed by atoms with Crippen molar-refractivity contribution in [2.45, 2.75) is 37.3 Å². The van der Waals surface area contributed by atoms with Gasteiger partial charge in [0.05, 0.1) is 12.1 Å². The number of amides is 2. The third-order valence-electron chi connectivity index (χ3n) is 5.46. The molecule has 2 aliphatic heterocycles. The molecule has 2 heterocycles. The minimum atomic E-state index is -0.528. The predicted octanol–water partition coefficient (Wildman–Crippen LogP) is 3.11. The van der Waals surface area contributed by atoms with E-state index >= 15 is 0 Å². The molecule has 0 unspecified atom stereocenters. The van der Waals surface area contributed by atoms with Crippen LogP contribution < -0.4 is 5.32 Å². The molecule has 2 fully saturated rings. The molecular weight excluding hydrogens is 340 g/mol. The van der Waals surface area contributed by atoms with Crippen LogP contribution in [0, 0.1) is 0 Å². The second-order valence-corrected chi connectivity index (χ2v) is 7.22. The molecule has 0 aliphatic carbocycles. The van der Waals surface area contributed by atoms with Crippen LogP contribution in [0.5, 0.6) is 0 Å². The second-order valence-electron chi connectivity index (χ2n) is 7.22. The zero-order chi connectivity index (χ0) is 18.6. The highest BCUT2D eigenvalue weighted by Gasteiger charge is 2.43. The van der Waals surface area contributed by atoms with Crippen LogP contribution in [0.3, 0.4) is 0 Å². The normalized spacial score (nSPS) is 25.3. The van der Waals surface area contributed by atoms with Gasteiger partial charge in [-0.1, -0.05) is 60.7 Å². The zero-order valence-corrected chi connectivity index (χ0v) is 15.2. The summed E-state index contributed by atoms with van der Waals surface area (Å²) in [6.07, 6.45) is 2.03. The first-order chi connectivity index (χ1) is 13.2. The molecule has 0 radical (unpaired) electrons. The fourth-order valence-corrected chi connectivity index (χ4v) is 4.12. The minimum absolute atomic E-state index is 0.0678. The van der Waals surface area contributed by atoms with Crippen molar-refractivity contribution < 1.29 is 14.3 Å². The quantitative estimate of drug-likeness (QED) is 0.906. The van der Waals surface area contributed by atoms with E-state index in [2.05, 4.69) is 17.4 Å². The van der Waals surface area contributed by atoms with Gasteiger partial charge in [-0.3, -0.25) is 4.79 Å². The van der Waals surface area contributed by atoms with Gasteiger partial charge in [-0.2, -0.15) is 0 Å². The van der Waals surface area contributed by atoms with Crippen LogP contribution in [-0.4, -0.2) is 42.1 Å². The molecule has 0 spiro atoms. The Labute approximate surface area is 159 Å². The van der Waals surface area contributed by atoms with E-state index < -0.39 is 12.1 Å². The van der Waals surface area contributed by atoms with E-state index in [1.807, 2.05) is 48.5 Å². The summed E-state index contributed by atoms with van der Waals surface area (Å²) in [5.41, 5.74) is 2.23. The van der Waals surface area contributed by atoms with E-state index in [9.17, 15) is 9.59 Å². The van der Waals surface area contributed by atoms with Crippen LogP contribution in [0.2, 0.25) is 0 Å². The van der Waals surface area contributed by atoms with Crippen molar-refractivity contribution in [3.05, 3.63) is 71.8 Å². The van der Waals surface area contributed by atoms with Crippen molar-refractivity contribution >= 4 is 12.0 Å². The Morgan fingerprint density at radius 1 is 1.07 bits per heavy atom. The average Bonchev–Trinajstić information content (AvgIpc) is 3.09. The summed E-state index contributed by atoms with van der Waals surface area (Å²) in [5, 5.41) is 3.35. The standard InChI is InChI=1S/C22H24N2O3/c25-21(20-19(12-7-13-23-20)17-10-5-2-6-11-17)24-18(15-27-22(24)26)14-16-8-3-1-4-9-16/h1-6,8-11,18-20,23H,7,12-15H2/t18-,19+,20-/m0/s1. The Morgan fingerprint density at radius 3 is 2.52 bits per heavy atom. The van der Waals surface area contributed by atoms with Gasteiger partial charge in [0.1, 0.15) is 6.61 Å². The fourth-order valence-electron chi connectivity index (χ4n) is 4.12. The van der Waals surface area contributed by atoms with E-state index in [-0.39, 0.29) is 24.5 Å². The number of cyclic esters (lactones) is 1. The van der Waals surface area contributed by atoms with Gasteiger partial charge >= 0.3 is 6.09 Å². The highest BCUT2D eigenvalue weighted by atomic mass is 16.6. The minimum Gasteiger partial charge on any atom is -0.447 e. The number of imide groups is 1. The lowest BCUT2D eigenvalue weighted by molar-refractivity contribution is -0.132. The molecule has 0 saturated carbocycles. The number of ether oxygens (including phenoxy) is 1. The van der Waals surface area contributed by atoms with Crippen LogP contribution >= 0.6 is 0 Å². The molecule has 2 aromatic carbocycles. The highest BCUT2D eigenvalue weighted by Crippen LogP contribution is 2.30. The van der Waals surface area contributed by atoms with Crippen molar-refractivity contribution in [3.63, 3.8) is 0 Å². The van der Waals surface area contributed by atoms with Crippen LogP contribution in [0.1, 0.15) is 29.9 Å². The maximum atomic E-state index is 13.4. The molecule has 0 aromatic heterocycles. The van der Waals surface area contributed by atoms with Crippen LogP contribution in [0.25, 0.3) is 0 Å². The third kappa shape index (κ3) is 3.74. The van der Waals surface area contributed by atoms with Crippen molar-refractivity contribution in [3.8, 4) is 0 Å². The van der Waals surface area contributed by atoms with Gasteiger partial charge < -0.3 is 10.1 Å². The molecule has 3 atom stereocenters. The van der Waals surface area contributed by atoms with Crippen LogP contribution in [0.4, 0.5) is 4.79 Å². The first-order valence-corrected chi connectivity index (χ1v) is 9.56. The van der Waals surface area contributed by atoms with Gasteiger partial charge in [0.2, 0.25) is 5.91 Å². The Kier molecular flexibility index (Phi) is 5.21. The van der Waals surface area contributed by atoms with Crippen LogP contribution in [0.15, 0.2) is 60.7 Å². The maximum absolute atomic E-state index is 13.4. The molecule has 2 aliphatic rings. The van der Waals surface area contributed by atoms with E-state index in [1.165, 1.54) is 4.90 Å². The van der Waals surface area contributed by atoms with Gasteiger partial charge in [-0.05, 0) is 36.9 Å². The Morgan fingerprint density at radius 2 is 1.78 bits per heavy atom. The molecule has 140 valence electrons. The Balaban J connectivity index is 1.56. The highest BCUT2D eigenvalue weighted by molar-refractivity contribution is 5.97. The second kappa shape index (κ2) is 7.92. The summed E-state index contributed by atoms with van der Waals surface area (Å²) in [7, 11) is 0. The van der Waals surface area contributed by atoms with Gasteiger partial charge in [-0.15, -0.1) is 0 Å². The van der Waals surface area contributed by atoms with Gasteiger partial charge in [-0.25, -0.2) is 9.69 Å². The molecule has 2 amide bonds. The number of nitrogens with one attached hydrogen (secondary N) is 1. The molecule has 1 N–H and O–H groups in total. The van der Waals surface area contributed by atoms with E-state index in [0.717, 1.165) is 30.5 Å². The summed E-state index contributed by atoms with van der Waals surface area (Å²) in [5.74, 6) is -0.106. The van der Waals surface area contributed by atoms with Crippen molar-refractivity contribution in [1.82, 2.24) is 10.2 Å². The van der Waals surface area contributed by atoms with E-state index in [4.69, 9.17) is 4.74 Å². The smallest absolute Gasteiger partial charge is 0.417 e. The van der Waals surface area contributed by atoms with E-state index in [0.29, 0.717) is 6.42 Å². The summed E-state index contributed by atoms with van der Waals surface area (Å²) in [6.45, 7) is 1.04. The molecule has 0 bridgehead atoms.